The van der Waals surface area contributed by atoms with Gasteiger partial charge >= 0.3 is 23.2 Å². The maximum absolute atomic E-state index is 13.2. The molecule has 0 saturated carbocycles. The van der Waals surface area contributed by atoms with Crippen molar-refractivity contribution in [2.24, 2.45) is 0 Å². The number of hydrogen-bond acceptors (Lipinski definition) is 11. The summed E-state index contributed by atoms with van der Waals surface area (Å²) in [5.41, 5.74) is -1.86. The molecule has 15 heteroatoms. The van der Waals surface area contributed by atoms with Gasteiger partial charge in [-0.3, -0.25) is 4.79 Å². The lowest BCUT2D eigenvalue weighted by Crippen LogP contribution is -2.54. The predicted molar refractivity (Wildman–Crippen MR) is 147 cm³/mol. The summed E-state index contributed by atoms with van der Waals surface area (Å²) in [6.45, 7) is 1.47. The number of aromatic nitrogens is 3. The minimum atomic E-state index is -0.933. The van der Waals surface area contributed by atoms with E-state index in [4.69, 9.17) is 15.3 Å². The highest BCUT2D eigenvalue weighted by Crippen LogP contribution is 2.07. The van der Waals surface area contributed by atoms with E-state index in [1.807, 2.05) is 0 Å². The average molecular weight is 593 g/mol. The van der Waals surface area contributed by atoms with Gasteiger partial charge in [0.1, 0.15) is 19.8 Å². The maximum Gasteiger partial charge on any atom is 0.509 e. The molecule has 1 saturated heterocycles. The molecule has 232 valence electrons. The third-order valence-electron chi connectivity index (χ3n) is 6.76. The summed E-state index contributed by atoms with van der Waals surface area (Å²) in [4.78, 5) is 62.3. The molecule has 1 unspecified atom stereocenters. The summed E-state index contributed by atoms with van der Waals surface area (Å²) in [7, 11) is 0. The standard InChI is InChI=1S/C27H40N6O9/c28-20-39-17-11-5-3-9-15-32-24(35)31(25(36)33(26(32)37)16-10-4-6-12-18-40-21-29)14-8-2-1-7-13-30-23(34)22-19-41-27(38)42-22/h22H,1-19H2,(H,30,34). The second-order valence-electron chi connectivity index (χ2n) is 9.88. The fraction of sp³-hybridized carbons (Fsp3) is 0.741. The molecule has 1 fully saturated rings. The summed E-state index contributed by atoms with van der Waals surface area (Å²) >= 11 is 0. The van der Waals surface area contributed by atoms with Gasteiger partial charge in [0, 0.05) is 26.2 Å². The molecule has 0 aromatic carbocycles. The van der Waals surface area contributed by atoms with Crippen molar-refractivity contribution >= 4 is 12.1 Å². The molecule has 0 bridgehead atoms. The molecular weight excluding hydrogens is 552 g/mol. The Labute approximate surface area is 243 Å². The van der Waals surface area contributed by atoms with E-state index in [0.29, 0.717) is 64.7 Å². The second-order valence-corrected chi connectivity index (χ2v) is 9.88. The fourth-order valence-corrected chi connectivity index (χ4v) is 4.47. The van der Waals surface area contributed by atoms with E-state index in [1.165, 1.54) is 0 Å². The molecule has 1 aliphatic rings. The number of carbonyl (C=O) groups excluding carboxylic acids is 2. The van der Waals surface area contributed by atoms with Gasteiger partial charge in [-0.05, 0) is 51.4 Å². The Morgan fingerprint density at radius 2 is 1.14 bits per heavy atom. The Hall–Kier alpha value is -4.27. The molecule has 0 aliphatic carbocycles. The fourth-order valence-electron chi connectivity index (χ4n) is 4.47. The van der Waals surface area contributed by atoms with Gasteiger partial charge in [0.15, 0.2) is 0 Å². The van der Waals surface area contributed by atoms with E-state index >= 15 is 0 Å². The number of rotatable bonds is 22. The number of nitrogens with one attached hydrogen (secondary N) is 1. The van der Waals surface area contributed by atoms with E-state index in [-0.39, 0.29) is 26.2 Å². The number of nitrogens with zero attached hydrogens (tertiary/aromatic N) is 5. The maximum atomic E-state index is 13.2. The molecule has 42 heavy (non-hydrogen) atoms. The topological polar surface area (TPSA) is 197 Å². The van der Waals surface area contributed by atoms with Crippen LogP contribution < -0.4 is 22.4 Å². The van der Waals surface area contributed by atoms with E-state index < -0.39 is 35.2 Å². The number of unbranched alkanes of at least 4 members (excludes halogenated alkanes) is 9. The molecule has 1 aromatic rings. The van der Waals surface area contributed by atoms with Crippen LogP contribution in [0.25, 0.3) is 0 Å². The van der Waals surface area contributed by atoms with Crippen LogP contribution in [0.15, 0.2) is 14.4 Å². The van der Waals surface area contributed by atoms with Crippen LogP contribution in [0.3, 0.4) is 0 Å². The summed E-state index contributed by atoms with van der Waals surface area (Å²) in [5.74, 6) is -0.416. The van der Waals surface area contributed by atoms with E-state index in [0.717, 1.165) is 45.8 Å². The number of ether oxygens (including phenoxy) is 4. The minimum absolute atomic E-state index is 0.103. The van der Waals surface area contributed by atoms with Gasteiger partial charge in [-0.1, -0.05) is 25.7 Å². The van der Waals surface area contributed by atoms with E-state index in [1.54, 1.807) is 12.5 Å². The van der Waals surface area contributed by atoms with Gasteiger partial charge in [0.2, 0.25) is 6.10 Å². The molecule has 1 aromatic heterocycles. The van der Waals surface area contributed by atoms with Crippen LogP contribution >= 0.6 is 0 Å². The molecule has 1 amide bonds. The van der Waals surface area contributed by atoms with Crippen molar-refractivity contribution in [3.05, 3.63) is 31.5 Å². The predicted octanol–water partition coefficient (Wildman–Crippen LogP) is 1.50. The second kappa shape index (κ2) is 19.7. The van der Waals surface area contributed by atoms with Crippen molar-refractivity contribution in [2.45, 2.75) is 103 Å². The first-order valence-electron chi connectivity index (χ1n) is 14.5. The normalized spacial score (nSPS) is 14.0. The molecule has 0 radical (unpaired) electrons. The zero-order valence-electron chi connectivity index (χ0n) is 23.9. The van der Waals surface area contributed by atoms with Crippen molar-refractivity contribution < 1.29 is 28.5 Å². The molecule has 1 aliphatic heterocycles. The van der Waals surface area contributed by atoms with Crippen LogP contribution in [0.2, 0.25) is 0 Å². The Morgan fingerprint density at radius 3 is 1.55 bits per heavy atom. The lowest BCUT2D eigenvalue weighted by atomic mass is 10.2. The lowest BCUT2D eigenvalue weighted by molar-refractivity contribution is -0.127. The van der Waals surface area contributed by atoms with Gasteiger partial charge in [-0.2, -0.15) is 10.5 Å². The van der Waals surface area contributed by atoms with Crippen molar-refractivity contribution in [1.29, 1.82) is 10.5 Å². The smallest absolute Gasteiger partial charge is 0.430 e. The third-order valence-corrected chi connectivity index (χ3v) is 6.76. The average Bonchev–Trinajstić information content (AvgIpc) is 3.42. The number of hydrogen-bond donors (Lipinski definition) is 1. The Morgan fingerprint density at radius 1 is 0.714 bits per heavy atom. The zero-order chi connectivity index (χ0) is 30.6. The highest BCUT2D eigenvalue weighted by Gasteiger charge is 2.31. The molecule has 1 atom stereocenters. The monoisotopic (exact) mass is 592 g/mol. The van der Waals surface area contributed by atoms with Crippen LogP contribution in [-0.4, -0.2) is 58.2 Å². The van der Waals surface area contributed by atoms with Gasteiger partial charge in [0.25, 0.3) is 18.4 Å². The first-order valence-corrected chi connectivity index (χ1v) is 14.5. The highest BCUT2D eigenvalue weighted by atomic mass is 16.8. The van der Waals surface area contributed by atoms with Crippen molar-refractivity contribution in [3.63, 3.8) is 0 Å². The molecule has 0 spiro atoms. The zero-order valence-corrected chi connectivity index (χ0v) is 23.9. The molecule has 15 nitrogen and oxygen atoms in total. The first-order chi connectivity index (χ1) is 20.4. The van der Waals surface area contributed by atoms with E-state index in [2.05, 4.69) is 19.5 Å². The number of nitriles is 2. The number of carbonyl (C=O) groups is 2. The molecule has 2 rings (SSSR count). The molecule has 1 N–H and O–H groups in total. The molecule has 2 heterocycles. The van der Waals surface area contributed by atoms with Crippen LogP contribution in [0.4, 0.5) is 4.79 Å². The quantitative estimate of drug-likeness (QED) is 0.116. The first kappa shape index (κ1) is 33.9. The van der Waals surface area contributed by atoms with Crippen LogP contribution in [0, 0.1) is 23.0 Å². The van der Waals surface area contributed by atoms with Gasteiger partial charge in [-0.25, -0.2) is 32.9 Å². The summed E-state index contributed by atoms with van der Waals surface area (Å²) < 4.78 is 22.0. The van der Waals surface area contributed by atoms with Gasteiger partial charge < -0.3 is 24.3 Å². The van der Waals surface area contributed by atoms with Crippen molar-refractivity contribution in [2.75, 3.05) is 26.4 Å². The summed E-state index contributed by atoms with van der Waals surface area (Å²) in [6, 6.07) is 0. The summed E-state index contributed by atoms with van der Waals surface area (Å²) in [5, 5.41) is 19.6. The van der Waals surface area contributed by atoms with Crippen LogP contribution in [0.5, 0.6) is 0 Å². The number of cyclic esters (lactones) is 2. The van der Waals surface area contributed by atoms with Gasteiger partial charge in [0.05, 0.1) is 0 Å². The Balaban J connectivity index is 1.92. The molecular formula is C27H40N6O9. The van der Waals surface area contributed by atoms with Gasteiger partial charge in [-0.15, -0.1) is 0 Å². The van der Waals surface area contributed by atoms with Crippen molar-refractivity contribution in [3.8, 4) is 12.5 Å². The van der Waals surface area contributed by atoms with Crippen molar-refractivity contribution in [1.82, 2.24) is 19.0 Å². The SMILES string of the molecule is N#COCCCCCCn1c(=O)n(CCCCCCNC(=O)C2COC(=O)O2)c(=O)n(CCCCCCOC#N)c1=O. The van der Waals surface area contributed by atoms with E-state index in [9.17, 15) is 24.0 Å². The number of amides is 1. The Bertz CT molecular complexity index is 1190. The van der Waals surface area contributed by atoms with Crippen LogP contribution in [-0.2, 0) is 43.4 Å². The van der Waals surface area contributed by atoms with Crippen LogP contribution in [0.1, 0.15) is 77.0 Å². The highest BCUT2D eigenvalue weighted by molar-refractivity contribution is 5.84. The third kappa shape index (κ3) is 11.7. The Kier molecular flexibility index (Phi) is 16.0. The minimum Gasteiger partial charge on any atom is -0.430 e. The lowest BCUT2D eigenvalue weighted by Gasteiger charge is -2.14. The summed E-state index contributed by atoms with van der Waals surface area (Å²) in [6.07, 6.45) is 9.60. The largest absolute Gasteiger partial charge is 0.509 e.